The smallest absolute Gasteiger partial charge is 0.282 e. The van der Waals surface area contributed by atoms with Crippen molar-refractivity contribution in [2.24, 2.45) is 5.92 Å². The molecule has 10 heteroatoms. The van der Waals surface area contributed by atoms with Crippen LogP contribution in [0.25, 0.3) is 17.0 Å². The topological polar surface area (TPSA) is 140 Å². The summed E-state index contributed by atoms with van der Waals surface area (Å²) in [4.78, 5) is 31.5. The zero-order chi connectivity index (χ0) is 21.6. The molecule has 1 aliphatic carbocycles. The lowest BCUT2D eigenvalue weighted by Gasteiger charge is -2.12. The molecule has 158 valence electrons. The summed E-state index contributed by atoms with van der Waals surface area (Å²) in [6.45, 7) is 3.46. The second-order valence-corrected chi connectivity index (χ2v) is 9.75. The Bertz CT molecular complexity index is 1320. The van der Waals surface area contributed by atoms with Gasteiger partial charge in [-0.05, 0) is 49.4 Å². The van der Waals surface area contributed by atoms with E-state index in [0.717, 1.165) is 18.4 Å². The van der Waals surface area contributed by atoms with E-state index in [4.69, 9.17) is 5.73 Å². The summed E-state index contributed by atoms with van der Waals surface area (Å²) in [5.74, 6) is 0.290. The number of aryl methyl sites for hydroxylation is 1. The molecule has 1 saturated carbocycles. The van der Waals surface area contributed by atoms with Crippen LogP contribution in [-0.2, 0) is 21.2 Å². The number of nitrogens with two attached hydrogens (primary N) is 1. The molecule has 0 spiro atoms. The summed E-state index contributed by atoms with van der Waals surface area (Å²) in [5, 5.41) is 2.73. The molecule has 0 unspecified atom stereocenters. The SMILES string of the molecule is CC(=O)NCc1ccc2nc(-n3c(C)cc(S(=O)(=O)CC4CC4)c(N)c3=O)[nH]c2c1. The number of pyridine rings is 1. The number of benzene rings is 1. The van der Waals surface area contributed by atoms with Crippen molar-refractivity contribution in [3.05, 3.63) is 45.9 Å². The van der Waals surface area contributed by atoms with Gasteiger partial charge in [0.1, 0.15) is 5.69 Å². The van der Waals surface area contributed by atoms with Gasteiger partial charge < -0.3 is 16.0 Å². The summed E-state index contributed by atoms with van der Waals surface area (Å²) >= 11 is 0. The minimum Gasteiger partial charge on any atom is -0.393 e. The molecular weight excluding hydrogens is 406 g/mol. The molecule has 1 amide bonds. The Kier molecular flexibility index (Phi) is 4.89. The van der Waals surface area contributed by atoms with Crippen LogP contribution in [0.1, 0.15) is 31.0 Å². The van der Waals surface area contributed by atoms with E-state index < -0.39 is 15.4 Å². The third-order valence-corrected chi connectivity index (χ3v) is 7.08. The van der Waals surface area contributed by atoms with Gasteiger partial charge in [0.05, 0.1) is 21.7 Å². The minimum absolute atomic E-state index is 0.0157. The van der Waals surface area contributed by atoms with Crippen LogP contribution in [0.15, 0.2) is 34.0 Å². The molecule has 0 bridgehead atoms. The number of fused-ring (bicyclic) bond motifs is 1. The first-order chi connectivity index (χ1) is 14.2. The first-order valence-corrected chi connectivity index (χ1v) is 11.3. The average Bonchev–Trinajstić information content (AvgIpc) is 3.37. The van der Waals surface area contributed by atoms with Crippen molar-refractivity contribution in [2.45, 2.75) is 38.1 Å². The van der Waals surface area contributed by atoms with Crippen LogP contribution in [0.4, 0.5) is 5.69 Å². The van der Waals surface area contributed by atoms with Gasteiger partial charge in [-0.1, -0.05) is 6.07 Å². The molecule has 30 heavy (non-hydrogen) atoms. The van der Waals surface area contributed by atoms with Crippen LogP contribution < -0.4 is 16.6 Å². The van der Waals surface area contributed by atoms with Crippen molar-refractivity contribution >= 4 is 32.5 Å². The molecule has 0 saturated heterocycles. The zero-order valence-corrected chi connectivity index (χ0v) is 17.5. The number of aromatic amines is 1. The second-order valence-electron chi connectivity index (χ2n) is 7.75. The fourth-order valence-electron chi connectivity index (χ4n) is 3.41. The predicted molar refractivity (Wildman–Crippen MR) is 113 cm³/mol. The fraction of sp³-hybridized carbons (Fsp3) is 0.350. The van der Waals surface area contributed by atoms with Crippen LogP contribution in [0.2, 0.25) is 0 Å². The molecule has 4 N–H and O–H groups in total. The highest BCUT2D eigenvalue weighted by molar-refractivity contribution is 7.91. The Hall–Kier alpha value is -3.14. The number of H-pyrrole nitrogens is 1. The molecule has 4 rings (SSSR count). The number of nitrogen functional groups attached to an aromatic ring is 1. The van der Waals surface area contributed by atoms with Crippen molar-refractivity contribution in [3.63, 3.8) is 0 Å². The van der Waals surface area contributed by atoms with Crippen molar-refractivity contribution in [1.29, 1.82) is 0 Å². The number of hydrogen-bond donors (Lipinski definition) is 3. The van der Waals surface area contributed by atoms with E-state index in [0.29, 0.717) is 23.3 Å². The maximum absolute atomic E-state index is 12.9. The highest BCUT2D eigenvalue weighted by Crippen LogP contribution is 2.33. The summed E-state index contributed by atoms with van der Waals surface area (Å²) < 4.78 is 26.6. The largest absolute Gasteiger partial charge is 0.393 e. The number of sulfone groups is 1. The lowest BCUT2D eigenvalue weighted by molar-refractivity contribution is -0.119. The number of rotatable bonds is 6. The monoisotopic (exact) mass is 429 g/mol. The van der Waals surface area contributed by atoms with Crippen LogP contribution in [0.3, 0.4) is 0 Å². The van der Waals surface area contributed by atoms with Crippen LogP contribution in [0, 0.1) is 12.8 Å². The standard InChI is InChI=1S/C20H23N5O4S/c1-11-7-17(30(28,29)10-13-3-4-13)18(21)19(27)25(11)20-23-15-6-5-14(8-16(15)24-20)9-22-12(2)26/h5-8,13H,3-4,9-10,21H2,1-2H3,(H,22,26)(H,23,24). The van der Waals surface area contributed by atoms with E-state index in [1.54, 1.807) is 13.0 Å². The number of carbonyl (C=O) groups excluding carboxylic acids is 1. The summed E-state index contributed by atoms with van der Waals surface area (Å²) in [6.07, 6.45) is 1.77. The van der Waals surface area contributed by atoms with Gasteiger partial charge >= 0.3 is 0 Å². The van der Waals surface area contributed by atoms with Gasteiger partial charge in [0, 0.05) is 19.2 Å². The van der Waals surface area contributed by atoms with Crippen molar-refractivity contribution < 1.29 is 13.2 Å². The molecular formula is C20H23N5O4S. The third kappa shape index (κ3) is 3.82. The fourth-order valence-corrected chi connectivity index (χ4v) is 5.31. The van der Waals surface area contributed by atoms with E-state index >= 15 is 0 Å². The Morgan fingerprint density at radius 1 is 1.33 bits per heavy atom. The lowest BCUT2D eigenvalue weighted by Crippen LogP contribution is -2.27. The molecule has 3 aromatic rings. The first-order valence-electron chi connectivity index (χ1n) is 9.64. The van der Waals surface area contributed by atoms with E-state index in [9.17, 15) is 18.0 Å². The molecule has 2 aromatic heterocycles. The molecule has 1 fully saturated rings. The molecule has 0 aliphatic heterocycles. The normalized spacial score (nSPS) is 14.2. The molecule has 2 heterocycles. The van der Waals surface area contributed by atoms with E-state index in [-0.39, 0.29) is 34.1 Å². The first kappa shape index (κ1) is 20.1. The van der Waals surface area contributed by atoms with Gasteiger partial charge in [0.25, 0.3) is 5.56 Å². The van der Waals surface area contributed by atoms with Crippen molar-refractivity contribution in [1.82, 2.24) is 19.9 Å². The van der Waals surface area contributed by atoms with Crippen molar-refractivity contribution in [3.8, 4) is 5.95 Å². The van der Waals surface area contributed by atoms with Gasteiger partial charge in [-0.2, -0.15) is 0 Å². The van der Waals surface area contributed by atoms with Crippen LogP contribution in [-0.4, -0.2) is 34.6 Å². The number of aromatic nitrogens is 3. The molecule has 0 atom stereocenters. The third-order valence-electron chi connectivity index (χ3n) is 5.17. The Morgan fingerprint density at radius 3 is 2.73 bits per heavy atom. The minimum atomic E-state index is -3.62. The number of hydrogen-bond acceptors (Lipinski definition) is 6. The number of carbonyl (C=O) groups is 1. The zero-order valence-electron chi connectivity index (χ0n) is 16.7. The number of amides is 1. The van der Waals surface area contributed by atoms with E-state index in [1.165, 1.54) is 17.6 Å². The molecule has 1 aromatic carbocycles. The van der Waals surface area contributed by atoms with Gasteiger partial charge in [-0.15, -0.1) is 0 Å². The van der Waals surface area contributed by atoms with Crippen LogP contribution >= 0.6 is 0 Å². The lowest BCUT2D eigenvalue weighted by atomic mass is 10.2. The Morgan fingerprint density at radius 2 is 2.07 bits per heavy atom. The van der Waals surface area contributed by atoms with Gasteiger partial charge in [-0.25, -0.2) is 18.0 Å². The second kappa shape index (κ2) is 7.28. The maximum Gasteiger partial charge on any atom is 0.282 e. The number of nitrogens with one attached hydrogen (secondary N) is 2. The highest BCUT2D eigenvalue weighted by atomic mass is 32.2. The number of nitrogens with zero attached hydrogens (tertiary/aromatic N) is 2. The summed E-state index contributed by atoms with van der Waals surface area (Å²) in [5.41, 5.74) is 7.65. The Labute approximate surface area is 173 Å². The molecule has 0 radical (unpaired) electrons. The molecule has 9 nitrogen and oxygen atoms in total. The number of anilines is 1. The quantitative estimate of drug-likeness (QED) is 0.541. The number of imidazole rings is 1. The highest BCUT2D eigenvalue weighted by Gasteiger charge is 2.31. The van der Waals surface area contributed by atoms with Gasteiger partial charge in [0.2, 0.25) is 11.9 Å². The van der Waals surface area contributed by atoms with E-state index in [2.05, 4.69) is 15.3 Å². The van der Waals surface area contributed by atoms with Gasteiger partial charge in [0.15, 0.2) is 9.84 Å². The molecule has 1 aliphatic rings. The summed E-state index contributed by atoms with van der Waals surface area (Å²) in [6, 6.07) is 6.88. The maximum atomic E-state index is 12.9. The van der Waals surface area contributed by atoms with Gasteiger partial charge in [-0.3, -0.25) is 9.59 Å². The summed E-state index contributed by atoms with van der Waals surface area (Å²) in [7, 11) is -3.62. The van der Waals surface area contributed by atoms with Crippen molar-refractivity contribution in [2.75, 3.05) is 11.5 Å². The average molecular weight is 430 g/mol. The predicted octanol–water partition coefficient (Wildman–Crippen LogP) is 1.42. The van der Waals surface area contributed by atoms with E-state index in [1.807, 2.05) is 12.1 Å². The van der Waals surface area contributed by atoms with Crippen LogP contribution in [0.5, 0.6) is 0 Å². The Balaban J connectivity index is 1.75.